The van der Waals surface area contributed by atoms with Crippen LogP contribution in [0.1, 0.15) is 49.3 Å². The van der Waals surface area contributed by atoms with Crippen molar-refractivity contribution >= 4 is 11.3 Å². The molecule has 4 nitrogen and oxygen atoms in total. The van der Waals surface area contributed by atoms with E-state index >= 15 is 0 Å². The van der Waals surface area contributed by atoms with Crippen LogP contribution >= 0.6 is 11.3 Å². The lowest BCUT2D eigenvalue weighted by atomic mass is 9.95. The zero-order valence-electron chi connectivity index (χ0n) is 18.7. The number of rotatable bonds is 7. The van der Waals surface area contributed by atoms with Gasteiger partial charge in [0.05, 0.1) is 16.5 Å². The molecule has 0 saturated carbocycles. The quantitative estimate of drug-likeness (QED) is 0.452. The summed E-state index contributed by atoms with van der Waals surface area (Å²) in [4.78, 5) is 8.16. The third-order valence-electron chi connectivity index (χ3n) is 5.80. The number of benzene rings is 2. The zero-order chi connectivity index (χ0) is 22.0. The molecule has 0 saturated heterocycles. The fourth-order valence-electron chi connectivity index (χ4n) is 4.32. The second kappa shape index (κ2) is 9.21. The smallest absolute Gasteiger partial charge is 0.137 e. The molecule has 0 bridgehead atoms. The molecule has 1 unspecified atom stereocenters. The Morgan fingerprint density at radius 3 is 2.84 bits per heavy atom. The topological polar surface area (TPSA) is 49.1 Å². The Morgan fingerprint density at radius 1 is 1.26 bits per heavy atom. The second-order valence-electron chi connectivity index (χ2n) is 8.72. The van der Waals surface area contributed by atoms with Crippen LogP contribution in [0.3, 0.4) is 0 Å². The van der Waals surface area contributed by atoms with E-state index in [0.29, 0.717) is 17.2 Å². The van der Waals surface area contributed by atoms with Crippen LogP contribution in [0.5, 0.6) is 5.75 Å². The molecule has 2 aromatic carbocycles. The van der Waals surface area contributed by atoms with Gasteiger partial charge in [-0.05, 0) is 94.6 Å². The van der Waals surface area contributed by atoms with Crippen LogP contribution < -0.4 is 4.74 Å². The van der Waals surface area contributed by atoms with Crippen molar-refractivity contribution in [3.8, 4) is 32.8 Å². The first kappa shape index (κ1) is 21.5. The van der Waals surface area contributed by atoms with Crippen molar-refractivity contribution in [3.63, 3.8) is 0 Å². The Bertz CT molecular complexity index is 1110. The molecule has 0 spiro atoms. The van der Waals surface area contributed by atoms with Gasteiger partial charge in [0.2, 0.25) is 0 Å². The van der Waals surface area contributed by atoms with Crippen molar-refractivity contribution in [2.24, 2.45) is 0 Å². The van der Waals surface area contributed by atoms with Gasteiger partial charge in [-0.3, -0.25) is 0 Å². The summed E-state index contributed by atoms with van der Waals surface area (Å²) in [5.74, 6) is 1.28. The highest BCUT2D eigenvalue weighted by atomic mass is 32.1. The number of thiazole rings is 1. The summed E-state index contributed by atoms with van der Waals surface area (Å²) in [5.41, 5.74) is 5.82. The van der Waals surface area contributed by atoms with Crippen molar-refractivity contribution in [1.82, 2.24) is 9.88 Å². The van der Waals surface area contributed by atoms with Crippen molar-refractivity contribution in [3.05, 3.63) is 59.3 Å². The standard InChI is InChI=1S/C26H29N3OS/c1-17(2)30-24-11-9-19(14-20(24)15-27)26-28-16-25(31-26)23-7-5-6-21-18(8-10-22(21)23)12-13-29(3)4/h5-7,9,11,14,16-18H,8,10,12-13H2,1-4H3. The monoisotopic (exact) mass is 431 g/mol. The van der Waals surface area contributed by atoms with Gasteiger partial charge in [0.25, 0.3) is 0 Å². The molecule has 1 aliphatic carbocycles. The lowest BCUT2D eigenvalue weighted by Crippen LogP contribution is -2.15. The van der Waals surface area contributed by atoms with E-state index in [4.69, 9.17) is 9.72 Å². The van der Waals surface area contributed by atoms with Gasteiger partial charge in [-0.2, -0.15) is 5.26 Å². The number of hydrogen-bond acceptors (Lipinski definition) is 5. The van der Waals surface area contributed by atoms with E-state index in [0.717, 1.165) is 23.5 Å². The molecule has 0 radical (unpaired) electrons. The minimum Gasteiger partial charge on any atom is -0.490 e. The second-order valence-corrected chi connectivity index (χ2v) is 9.75. The Balaban J connectivity index is 1.61. The fraction of sp³-hybridized carbons (Fsp3) is 0.385. The maximum atomic E-state index is 9.54. The third kappa shape index (κ3) is 4.66. The van der Waals surface area contributed by atoms with Crippen LogP contribution in [-0.4, -0.2) is 36.6 Å². The van der Waals surface area contributed by atoms with E-state index in [1.807, 2.05) is 38.2 Å². The molecule has 0 N–H and O–H groups in total. The molecule has 0 aliphatic heterocycles. The molecular formula is C26H29N3OS. The van der Waals surface area contributed by atoms with Crippen molar-refractivity contribution in [1.29, 1.82) is 5.26 Å². The van der Waals surface area contributed by atoms with Crippen molar-refractivity contribution in [2.45, 2.75) is 45.1 Å². The number of nitriles is 1. The molecule has 3 aromatic rings. The van der Waals surface area contributed by atoms with Gasteiger partial charge in [0, 0.05) is 11.8 Å². The first-order chi connectivity index (χ1) is 15.0. The molecule has 160 valence electrons. The van der Waals surface area contributed by atoms with Crippen LogP contribution in [0.2, 0.25) is 0 Å². The average Bonchev–Trinajstić information content (AvgIpc) is 3.39. The van der Waals surface area contributed by atoms with E-state index in [9.17, 15) is 5.26 Å². The number of aromatic nitrogens is 1. The molecular weight excluding hydrogens is 402 g/mol. The molecule has 1 aliphatic rings. The molecule has 1 heterocycles. The van der Waals surface area contributed by atoms with Gasteiger partial charge in [-0.25, -0.2) is 4.98 Å². The number of nitrogens with zero attached hydrogens (tertiary/aromatic N) is 3. The van der Waals surface area contributed by atoms with E-state index in [2.05, 4.69) is 43.3 Å². The summed E-state index contributed by atoms with van der Waals surface area (Å²) < 4.78 is 5.75. The average molecular weight is 432 g/mol. The van der Waals surface area contributed by atoms with Gasteiger partial charge in [0.15, 0.2) is 0 Å². The summed E-state index contributed by atoms with van der Waals surface area (Å²) in [5, 5.41) is 10.5. The van der Waals surface area contributed by atoms with Gasteiger partial charge < -0.3 is 9.64 Å². The van der Waals surface area contributed by atoms with Crippen LogP contribution in [0.15, 0.2) is 42.6 Å². The largest absolute Gasteiger partial charge is 0.490 e. The maximum absolute atomic E-state index is 9.54. The summed E-state index contributed by atoms with van der Waals surface area (Å²) in [6.07, 6.45) is 5.59. The SMILES string of the molecule is CC(C)Oc1ccc(-c2ncc(-c3cccc4c3CCC4CCN(C)C)s2)cc1C#N. The Hall–Kier alpha value is -2.68. The van der Waals surface area contributed by atoms with Crippen LogP contribution in [0.25, 0.3) is 21.0 Å². The molecule has 0 amide bonds. The Labute approximate surface area is 189 Å². The lowest BCUT2D eigenvalue weighted by molar-refractivity contribution is 0.242. The number of hydrogen-bond donors (Lipinski definition) is 0. The van der Waals surface area contributed by atoms with Crippen molar-refractivity contribution in [2.75, 3.05) is 20.6 Å². The van der Waals surface area contributed by atoms with Crippen LogP contribution in [0, 0.1) is 11.3 Å². The first-order valence-corrected chi connectivity index (χ1v) is 11.7. The minimum absolute atomic E-state index is 0.0335. The van der Waals surface area contributed by atoms with Crippen LogP contribution in [-0.2, 0) is 6.42 Å². The Kier molecular flexibility index (Phi) is 6.41. The summed E-state index contributed by atoms with van der Waals surface area (Å²) >= 11 is 1.69. The fourth-order valence-corrected chi connectivity index (χ4v) is 5.29. The highest BCUT2D eigenvalue weighted by Gasteiger charge is 2.25. The third-order valence-corrected chi connectivity index (χ3v) is 6.88. The Morgan fingerprint density at radius 2 is 2.10 bits per heavy atom. The van der Waals surface area contributed by atoms with E-state index in [1.54, 1.807) is 11.3 Å². The van der Waals surface area contributed by atoms with Gasteiger partial charge >= 0.3 is 0 Å². The maximum Gasteiger partial charge on any atom is 0.137 e. The van der Waals surface area contributed by atoms with Gasteiger partial charge in [0.1, 0.15) is 16.8 Å². The highest BCUT2D eigenvalue weighted by Crippen LogP contribution is 2.43. The predicted molar refractivity (Wildman–Crippen MR) is 128 cm³/mol. The van der Waals surface area contributed by atoms with E-state index < -0.39 is 0 Å². The van der Waals surface area contributed by atoms with Crippen LogP contribution in [0.4, 0.5) is 0 Å². The highest BCUT2D eigenvalue weighted by molar-refractivity contribution is 7.18. The molecule has 4 rings (SSSR count). The predicted octanol–water partition coefficient (Wildman–Crippen LogP) is 6.12. The molecule has 1 atom stereocenters. The normalized spacial score (nSPS) is 15.3. The lowest BCUT2D eigenvalue weighted by Gasteiger charge is -2.15. The molecule has 31 heavy (non-hydrogen) atoms. The van der Waals surface area contributed by atoms with Crippen molar-refractivity contribution < 1.29 is 4.74 Å². The molecule has 5 heteroatoms. The van der Waals surface area contributed by atoms with E-state index in [-0.39, 0.29) is 6.10 Å². The summed E-state index contributed by atoms with van der Waals surface area (Å²) in [7, 11) is 4.29. The number of fused-ring (bicyclic) bond motifs is 1. The molecule has 0 fully saturated rings. The summed E-state index contributed by atoms with van der Waals surface area (Å²) in [6.45, 7) is 5.05. The minimum atomic E-state index is 0.0335. The first-order valence-electron chi connectivity index (χ1n) is 10.9. The van der Waals surface area contributed by atoms with E-state index in [1.165, 1.54) is 34.4 Å². The van der Waals surface area contributed by atoms with Gasteiger partial charge in [-0.15, -0.1) is 11.3 Å². The molecule has 1 aromatic heterocycles. The van der Waals surface area contributed by atoms with Gasteiger partial charge in [-0.1, -0.05) is 18.2 Å². The number of ether oxygens (including phenoxy) is 1. The summed E-state index contributed by atoms with van der Waals surface area (Å²) in [6, 6.07) is 14.7. The zero-order valence-corrected chi connectivity index (χ0v) is 19.5.